The van der Waals surface area contributed by atoms with Gasteiger partial charge >= 0.3 is 5.97 Å². The molecule has 1 heterocycles. The van der Waals surface area contributed by atoms with Crippen LogP contribution in [0.5, 0.6) is 0 Å². The van der Waals surface area contributed by atoms with Crippen LogP contribution in [0.4, 0.5) is 0 Å². The Kier molecular flexibility index (Phi) is 6.79. The molecule has 21 heavy (non-hydrogen) atoms. The molecule has 0 atom stereocenters. The molecule has 7 nitrogen and oxygen atoms in total. The summed E-state index contributed by atoms with van der Waals surface area (Å²) in [7, 11) is -2.32. The number of carbonyl (C=O) groups excluding carboxylic acids is 2. The lowest BCUT2D eigenvalue weighted by Gasteiger charge is -2.19. The highest BCUT2D eigenvalue weighted by atomic mass is 32.2. The summed E-state index contributed by atoms with van der Waals surface area (Å²) in [5, 5.41) is 1.66. The van der Waals surface area contributed by atoms with Crippen LogP contribution in [0, 0.1) is 0 Å². The molecule has 0 aliphatic rings. The Morgan fingerprint density at radius 1 is 1.43 bits per heavy atom. The standard InChI is InChI=1S/C12H18N2O5S2/c1-3-14(9-11(16)19-2)10(15)6-7-13-21(17,18)12-5-4-8-20-12/h4-5,8,13H,3,6-7,9H2,1-2H3. The van der Waals surface area contributed by atoms with Crippen LogP contribution in [-0.4, -0.2) is 51.9 Å². The summed E-state index contributed by atoms with van der Waals surface area (Å²) in [5.74, 6) is -0.818. The molecule has 118 valence electrons. The second kappa shape index (κ2) is 8.11. The summed E-state index contributed by atoms with van der Waals surface area (Å²) in [6.45, 7) is 1.93. The van der Waals surface area contributed by atoms with Crippen molar-refractivity contribution in [3.05, 3.63) is 17.5 Å². The number of carbonyl (C=O) groups is 2. The van der Waals surface area contributed by atoms with Gasteiger partial charge in [0.1, 0.15) is 10.8 Å². The third kappa shape index (κ3) is 5.44. The van der Waals surface area contributed by atoms with Crippen LogP contribution in [0.1, 0.15) is 13.3 Å². The molecule has 1 N–H and O–H groups in total. The first-order chi connectivity index (χ1) is 9.90. The maximum atomic E-state index is 11.9. The van der Waals surface area contributed by atoms with Gasteiger partial charge in [-0.15, -0.1) is 11.3 Å². The highest BCUT2D eigenvalue weighted by molar-refractivity contribution is 7.91. The predicted molar refractivity (Wildman–Crippen MR) is 78.4 cm³/mol. The molecule has 1 rings (SSSR count). The molecule has 1 aromatic heterocycles. The fraction of sp³-hybridized carbons (Fsp3) is 0.500. The van der Waals surface area contributed by atoms with E-state index in [2.05, 4.69) is 9.46 Å². The molecule has 0 spiro atoms. The Labute approximate surface area is 127 Å². The second-order valence-electron chi connectivity index (χ2n) is 4.06. The summed E-state index contributed by atoms with van der Waals surface area (Å²) in [6, 6.07) is 3.13. The molecular weight excluding hydrogens is 316 g/mol. The summed E-state index contributed by atoms with van der Waals surface area (Å²) < 4.78 is 30.7. The van der Waals surface area contributed by atoms with Crippen LogP contribution in [0.3, 0.4) is 0 Å². The number of likely N-dealkylation sites (N-methyl/N-ethyl adjacent to an activating group) is 1. The third-order valence-corrected chi connectivity index (χ3v) is 5.53. The summed E-state index contributed by atoms with van der Waals surface area (Å²) in [5.41, 5.74) is 0. The largest absolute Gasteiger partial charge is 0.468 e. The smallest absolute Gasteiger partial charge is 0.325 e. The molecule has 1 aromatic rings. The van der Waals surface area contributed by atoms with Crippen LogP contribution in [0.15, 0.2) is 21.7 Å². The Bertz CT molecular complexity index is 568. The Morgan fingerprint density at radius 2 is 2.14 bits per heavy atom. The molecule has 0 aliphatic carbocycles. The highest BCUT2D eigenvalue weighted by Crippen LogP contribution is 2.15. The second-order valence-corrected chi connectivity index (χ2v) is 7.01. The van der Waals surface area contributed by atoms with Crippen molar-refractivity contribution >= 4 is 33.2 Å². The van der Waals surface area contributed by atoms with E-state index in [1.807, 2.05) is 0 Å². The number of esters is 1. The fourth-order valence-corrected chi connectivity index (χ4v) is 3.60. The summed E-state index contributed by atoms with van der Waals surface area (Å²) in [6.07, 6.45) is -0.0184. The zero-order valence-electron chi connectivity index (χ0n) is 11.9. The van der Waals surface area contributed by atoms with Crippen LogP contribution in [0.25, 0.3) is 0 Å². The minimum absolute atomic E-state index is 0.0171. The monoisotopic (exact) mass is 334 g/mol. The molecule has 0 bridgehead atoms. The summed E-state index contributed by atoms with van der Waals surface area (Å²) >= 11 is 1.10. The zero-order chi connectivity index (χ0) is 15.9. The molecule has 0 aliphatic heterocycles. The zero-order valence-corrected chi connectivity index (χ0v) is 13.5. The van der Waals surface area contributed by atoms with Gasteiger partial charge < -0.3 is 9.64 Å². The molecule has 0 saturated carbocycles. The predicted octanol–water partition coefficient (Wildman–Crippen LogP) is 0.438. The van der Waals surface area contributed by atoms with Gasteiger partial charge in [0.05, 0.1) is 7.11 Å². The van der Waals surface area contributed by atoms with Gasteiger partial charge in [0.15, 0.2) is 0 Å². The highest BCUT2D eigenvalue weighted by Gasteiger charge is 2.18. The molecule has 0 fully saturated rings. The van der Waals surface area contributed by atoms with Crippen molar-refractivity contribution in [2.24, 2.45) is 0 Å². The van der Waals surface area contributed by atoms with Gasteiger partial charge in [-0.25, -0.2) is 13.1 Å². The van der Waals surface area contributed by atoms with Gasteiger partial charge in [-0.3, -0.25) is 9.59 Å². The van der Waals surface area contributed by atoms with E-state index >= 15 is 0 Å². The molecular formula is C12H18N2O5S2. The lowest BCUT2D eigenvalue weighted by molar-refractivity contribution is -0.146. The quantitative estimate of drug-likeness (QED) is 0.696. The molecule has 9 heteroatoms. The normalized spacial score (nSPS) is 11.1. The number of amides is 1. The number of thiophene rings is 1. The average molecular weight is 334 g/mol. The third-order valence-electron chi connectivity index (χ3n) is 2.67. The SMILES string of the molecule is CCN(CC(=O)OC)C(=O)CCNS(=O)(=O)c1cccs1. The number of hydrogen-bond donors (Lipinski definition) is 1. The average Bonchev–Trinajstić information content (AvgIpc) is 2.99. The van der Waals surface area contributed by atoms with Gasteiger partial charge in [0.25, 0.3) is 0 Å². The number of sulfonamides is 1. The molecule has 0 aromatic carbocycles. The fourth-order valence-electron chi connectivity index (χ4n) is 1.53. The Morgan fingerprint density at radius 3 is 2.67 bits per heavy atom. The van der Waals surface area contributed by atoms with E-state index in [-0.39, 0.29) is 29.6 Å². The van der Waals surface area contributed by atoms with Gasteiger partial charge in [0.2, 0.25) is 15.9 Å². The van der Waals surface area contributed by atoms with E-state index in [9.17, 15) is 18.0 Å². The van der Waals surface area contributed by atoms with Crippen molar-refractivity contribution in [3.63, 3.8) is 0 Å². The van der Waals surface area contributed by atoms with Gasteiger partial charge in [-0.05, 0) is 18.4 Å². The number of nitrogens with one attached hydrogen (secondary N) is 1. The van der Waals surface area contributed by atoms with Crippen molar-refractivity contribution in [3.8, 4) is 0 Å². The van der Waals surface area contributed by atoms with Gasteiger partial charge in [-0.2, -0.15) is 0 Å². The number of hydrogen-bond acceptors (Lipinski definition) is 6. The van der Waals surface area contributed by atoms with Gasteiger partial charge in [-0.1, -0.05) is 6.07 Å². The van der Waals surface area contributed by atoms with E-state index < -0.39 is 16.0 Å². The van der Waals surface area contributed by atoms with Crippen molar-refractivity contribution in [2.75, 3.05) is 26.7 Å². The first-order valence-corrected chi connectivity index (χ1v) is 8.64. The molecule has 0 radical (unpaired) electrons. The number of nitrogens with zero attached hydrogens (tertiary/aromatic N) is 1. The summed E-state index contributed by atoms with van der Waals surface area (Å²) in [4.78, 5) is 24.3. The number of rotatable bonds is 8. The molecule has 0 unspecified atom stereocenters. The van der Waals surface area contributed by atoms with Crippen LogP contribution in [0.2, 0.25) is 0 Å². The van der Waals surface area contributed by atoms with Crippen molar-refractivity contribution < 1.29 is 22.7 Å². The van der Waals surface area contributed by atoms with Gasteiger partial charge in [0, 0.05) is 19.5 Å². The van der Waals surface area contributed by atoms with E-state index in [0.717, 1.165) is 11.3 Å². The number of ether oxygens (including phenoxy) is 1. The Balaban J connectivity index is 2.47. The van der Waals surface area contributed by atoms with Crippen molar-refractivity contribution in [1.29, 1.82) is 0 Å². The minimum Gasteiger partial charge on any atom is -0.468 e. The van der Waals surface area contributed by atoms with E-state index in [1.54, 1.807) is 18.4 Å². The maximum absolute atomic E-state index is 11.9. The van der Waals surface area contributed by atoms with Crippen molar-refractivity contribution in [2.45, 2.75) is 17.6 Å². The van der Waals surface area contributed by atoms with E-state index in [0.29, 0.717) is 6.54 Å². The van der Waals surface area contributed by atoms with Crippen LogP contribution >= 0.6 is 11.3 Å². The lowest BCUT2D eigenvalue weighted by Crippen LogP contribution is -2.38. The topological polar surface area (TPSA) is 92.8 Å². The first kappa shape index (κ1) is 17.6. The van der Waals surface area contributed by atoms with Crippen LogP contribution in [-0.2, 0) is 24.3 Å². The molecule has 1 amide bonds. The first-order valence-electron chi connectivity index (χ1n) is 6.28. The van der Waals surface area contributed by atoms with Crippen LogP contribution < -0.4 is 4.72 Å². The van der Waals surface area contributed by atoms with E-state index in [4.69, 9.17) is 0 Å². The minimum atomic E-state index is -3.57. The van der Waals surface area contributed by atoms with E-state index in [1.165, 1.54) is 18.1 Å². The Hall–Kier alpha value is -1.45. The van der Waals surface area contributed by atoms with Crippen molar-refractivity contribution in [1.82, 2.24) is 9.62 Å². The maximum Gasteiger partial charge on any atom is 0.325 e. The number of methoxy groups -OCH3 is 1. The molecule has 0 saturated heterocycles. The lowest BCUT2D eigenvalue weighted by atomic mass is 10.3.